The lowest BCUT2D eigenvalue weighted by Gasteiger charge is -2.21. The van der Waals surface area contributed by atoms with Crippen LogP contribution in [0.1, 0.15) is 17.2 Å². The third-order valence-electron chi connectivity index (χ3n) is 3.73. The normalized spacial score (nSPS) is 11.7. The maximum Gasteiger partial charge on any atom is 0.260 e. The van der Waals surface area contributed by atoms with Crippen LogP contribution in [0.15, 0.2) is 48.5 Å². The first kappa shape index (κ1) is 17.8. The van der Waals surface area contributed by atoms with Gasteiger partial charge in [0.15, 0.2) is 6.61 Å². The summed E-state index contributed by atoms with van der Waals surface area (Å²) in [7, 11) is 3.22. The molecule has 1 atom stereocenters. The van der Waals surface area contributed by atoms with E-state index in [1.165, 1.54) is 4.90 Å². The minimum atomic E-state index is -0.784. The number of aliphatic hydroxyl groups excluding tert-OH is 1. The van der Waals surface area contributed by atoms with Crippen LogP contribution in [-0.2, 0) is 4.79 Å². The van der Waals surface area contributed by atoms with E-state index >= 15 is 0 Å². The summed E-state index contributed by atoms with van der Waals surface area (Å²) in [6.45, 7) is 2.11. The first-order chi connectivity index (χ1) is 11.5. The van der Waals surface area contributed by atoms with Crippen molar-refractivity contribution in [2.24, 2.45) is 0 Å². The fourth-order valence-corrected chi connectivity index (χ4v) is 2.21. The molecule has 24 heavy (non-hydrogen) atoms. The maximum atomic E-state index is 12.1. The van der Waals surface area contributed by atoms with Gasteiger partial charge in [0.05, 0.1) is 19.8 Å². The lowest BCUT2D eigenvalue weighted by Crippen LogP contribution is -2.34. The molecule has 0 spiro atoms. The molecule has 0 aliphatic heterocycles. The van der Waals surface area contributed by atoms with Gasteiger partial charge in [-0.3, -0.25) is 4.79 Å². The topological polar surface area (TPSA) is 59.0 Å². The van der Waals surface area contributed by atoms with Crippen LogP contribution in [0.25, 0.3) is 0 Å². The van der Waals surface area contributed by atoms with Crippen molar-refractivity contribution < 1.29 is 19.4 Å². The first-order valence-electron chi connectivity index (χ1n) is 7.75. The molecule has 0 saturated heterocycles. The number of hydrogen-bond donors (Lipinski definition) is 1. The van der Waals surface area contributed by atoms with Gasteiger partial charge >= 0.3 is 0 Å². The van der Waals surface area contributed by atoms with Crippen LogP contribution in [0.3, 0.4) is 0 Å². The predicted octanol–water partition coefficient (Wildman–Crippen LogP) is 2.57. The van der Waals surface area contributed by atoms with Crippen LogP contribution >= 0.6 is 0 Å². The minimum absolute atomic E-state index is 0.0651. The Morgan fingerprint density at radius 2 is 1.88 bits per heavy atom. The summed E-state index contributed by atoms with van der Waals surface area (Å²) in [5, 5.41) is 10.3. The summed E-state index contributed by atoms with van der Waals surface area (Å²) in [6.07, 6.45) is -0.784. The largest absolute Gasteiger partial charge is 0.497 e. The summed E-state index contributed by atoms with van der Waals surface area (Å²) in [6, 6.07) is 14.7. The van der Waals surface area contributed by atoms with Crippen LogP contribution in [0, 0.1) is 6.92 Å². The quantitative estimate of drug-likeness (QED) is 0.848. The van der Waals surface area contributed by atoms with E-state index in [2.05, 4.69) is 0 Å². The molecular weight excluding hydrogens is 306 g/mol. The van der Waals surface area contributed by atoms with Crippen molar-refractivity contribution >= 4 is 5.91 Å². The molecule has 0 bridgehead atoms. The van der Waals surface area contributed by atoms with Gasteiger partial charge in [0, 0.05) is 7.05 Å². The highest BCUT2D eigenvalue weighted by molar-refractivity contribution is 5.77. The standard InChI is InChI=1S/C19H23NO4/c1-14-7-9-16(10-8-14)24-13-19(22)20(2)12-18(21)15-5-4-6-17(11-15)23-3/h4-11,18,21H,12-13H2,1-3H3. The van der Waals surface area contributed by atoms with E-state index in [4.69, 9.17) is 9.47 Å². The van der Waals surface area contributed by atoms with E-state index in [1.54, 1.807) is 38.4 Å². The average Bonchev–Trinajstić information content (AvgIpc) is 2.60. The Morgan fingerprint density at radius 1 is 1.17 bits per heavy atom. The number of likely N-dealkylation sites (N-methyl/N-ethyl adjacent to an activating group) is 1. The Hall–Kier alpha value is -2.53. The molecule has 2 rings (SSSR count). The molecule has 1 N–H and O–H groups in total. The van der Waals surface area contributed by atoms with Crippen molar-refractivity contribution in [3.05, 3.63) is 59.7 Å². The van der Waals surface area contributed by atoms with Gasteiger partial charge in [-0.1, -0.05) is 29.8 Å². The highest BCUT2D eigenvalue weighted by Gasteiger charge is 2.16. The number of hydrogen-bond acceptors (Lipinski definition) is 4. The number of aryl methyl sites for hydroxylation is 1. The van der Waals surface area contributed by atoms with Gasteiger partial charge in [0.25, 0.3) is 5.91 Å². The van der Waals surface area contributed by atoms with Crippen molar-refractivity contribution in [1.29, 1.82) is 0 Å². The van der Waals surface area contributed by atoms with Crippen LogP contribution in [0.2, 0.25) is 0 Å². The monoisotopic (exact) mass is 329 g/mol. The summed E-state index contributed by atoms with van der Waals surface area (Å²) in [5.41, 5.74) is 1.83. The van der Waals surface area contributed by atoms with E-state index < -0.39 is 6.10 Å². The molecule has 1 unspecified atom stereocenters. The Kier molecular flexibility index (Phi) is 6.21. The Bertz CT molecular complexity index is 669. The van der Waals surface area contributed by atoms with E-state index in [1.807, 2.05) is 31.2 Å². The van der Waals surface area contributed by atoms with Gasteiger partial charge in [-0.05, 0) is 36.8 Å². The molecule has 2 aromatic carbocycles. The van der Waals surface area contributed by atoms with E-state index in [9.17, 15) is 9.90 Å². The third kappa shape index (κ3) is 4.99. The zero-order valence-electron chi connectivity index (χ0n) is 14.2. The fourth-order valence-electron chi connectivity index (χ4n) is 2.21. The molecule has 2 aromatic rings. The Labute approximate surface area is 142 Å². The number of benzene rings is 2. The highest BCUT2D eigenvalue weighted by Crippen LogP contribution is 2.19. The number of rotatable bonds is 7. The molecule has 0 radical (unpaired) electrons. The lowest BCUT2D eigenvalue weighted by atomic mass is 10.1. The van der Waals surface area contributed by atoms with Crippen LogP contribution in [0.5, 0.6) is 11.5 Å². The van der Waals surface area contributed by atoms with E-state index in [-0.39, 0.29) is 19.1 Å². The molecule has 0 aliphatic carbocycles. The zero-order valence-corrected chi connectivity index (χ0v) is 14.2. The van der Waals surface area contributed by atoms with Crippen molar-refractivity contribution in [3.8, 4) is 11.5 Å². The van der Waals surface area contributed by atoms with Gasteiger partial charge in [-0.15, -0.1) is 0 Å². The highest BCUT2D eigenvalue weighted by atomic mass is 16.5. The van der Waals surface area contributed by atoms with Crippen molar-refractivity contribution in [2.75, 3.05) is 27.3 Å². The first-order valence-corrected chi connectivity index (χ1v) is 7.75. The molecule has 5 nitrogen and oxygen atoms in total. The second-order valence-corrected chi connectivity index (χ2v) is 5.67. The van der Waals surface area contributed by atoms with Gasteiger partial charge < -0.3 is 19.5 Å². The van der Waals surface area contributed by atoms with E-state index in [0.717, 1.165) is 5.56 Å². The molecule has 5 heteroatoms. The zero-order chi connectivity index (χ0) is 17.5. The number of amides is 1. The number of carbonyl (C=O) groups excluding carboxylic acids is 1. The van der Waals surface area contributed by atoms with Crippen molar-refractivity contribution in [3.63, 3.8) is 0 Å². The SMILES string of the molecule is COc1cccc(C(O)CN(C)C(=O)COc2ccc(C)cc2)c1. The molecule has 0 fully saturated rings. The van der Waals surface area contributed by atoms with Gasteiger partial charge in [-0.2, -0.15) is 0 Å². The maximum absolute atomic E-state index is 12.1. The van der Waals surface area contributed by atoms with Gasteiger partial charge in [-0.25, -0.2) is 0 Å². The smallest absolute Gasteiger partial charge is 0.260 e. The van der Waals surface area contributed by atoms with Gasteiger partial charge in [0.1, 0.15) is 11.5 Å². The van der Waals surface area contributed by atoms with E-state index in [0.29, 0.717) is 17.1 Å². The minimum Gasteiger partial charge on any atom is -0.497 e. The van der Waals surface area contributed by atoms with Gasteiger partial charge in [0.2, 0.25) is 0 Å². The summed E-state index contributed by atoms with van der Waals surface area (Å²) < 4.78 is 10.6. The molecule has 0 aliphatic rings. The second-order valence-electron chi connectivity index (χ2n) is 5.67. The third-order valence-corrected chi connectivity index (χ3v) is 3.73. The Balaban J connectivity index is 1.87. The number of methoxy groups -OCH3 is 1. The molecule has 1 amide bonds. The number of aliphatic hydroxyl groups is 1. The number of nitrogens with zero attached hydrogens (tertiary/aromatic N) is 1. The van der Waals surface area contributed by atoms with Crippen LogP contribution < -0.4 is 9.47 Å². The molecular formula is C19H23NO4. The number of ether oxygens (including phenoxy) is 2. The van der Waals surface area contributed by atoms with Crippen molar-refractivity contribution in [2.45, 2.75) is 13.0 Å². The summed E-state index contributed by atoms with van der Waals surface area (Å²) >= 11 is 0. The molecule has 0 aromatic heterocycles. The van der Waals surface area contributed by atoms with Crippen LogP contribution in [0.4, 0.5) is 0 Å². The molecule has 0 saturated carbocycles. The van der Waals surface area contributed by atoms with Crippen LogP contribution in [-0.4, -0.2) is 43.2 Å². The summed E-state index contributed by atoms with van der Waals surface area (Å²) in [4.78, 5) is 13.6. The predicted molar refractivity (Wildman–Crippen MR) is 92.3 cm³/mol. The summed E-state index contributed by atoms with van der Waals surface area (Å²) in [5.74, 6) is 1.12. The Morgan fingerprint density at radius 3 is 2.54 bits per heavy atom. The molecule has 128 valence electrons. The molecule has 0 heterocycles. The van der Waals surface area contributed by atoms with Crippen molar-refractivity contribution in [1.82, 2.24) is 4.90 Å². The second kappa shape index (κ2) is 8.36. The lowest BCUT2D eigenvalue weighted by molar-refractivity contribution is -0.133. The number of carbonyl (C=O) groups is 1. The fraction of sp³-hybridized carbons (Fsp3) is 0.316. The average molecular weight is 329 g/mol.